The summed E-state index contributed by atoms with van der Waals surface area (Å²) in [5.41, 5.74) is 0. The SMILES string of the molecule is CC[C@](C)(Cl)Br. The van der Waals surface area contributed by atoms with Gasteiger partial charge in [-0.25, -0.2) is 0 Å². The number of alkyl halides is 2. The van der Waals surface area contributed by atoms with Crippen LogP contribution in [0.4, 0.5) is 0 Å². The van der Waals surface area contributed by atoms with Gasteiger partial charge in [-0.05, 0) is 13.3 Å². The first-order chi connectivity index (χ1) is 2.56. The predicted molar refractivity (Wildman–Crippen MR) is 33.5 cm³/mol. The molecular formula is C4H8BrCl. The maximum atomic E-state index is 5.63. The Bertz CT molecular complexity index is 37.3. The summed E-state index contributed by atoms with van der Waals surface area (Å²) in [5, 5.41) is 0. The lowest BCUT2D eigenvalue weighted by Gasteiger charge is -2.06. The quantitative estimate of drug-likeness (QED) is 0.532. The second-order valence-corrected chi connectivity index (χ2v) is 4.46. The van der Waals surface area contributed by atoms with Crippen LogP contribution in [0.15, 0.2) is 0 Å². The van der Waals surface area contributed by atoms with Gasteiger partial charge in [0, 0.05) is 0 Å². The standard InChI is InChI=1S/C4H8BrCl/c1-3-4(2,5)6/h3H2,1-2H3/t4-/m0/s1. The molecule has 0 aliphatic rings. The van der Waals surface area contributed by atoms with Gasteiger partial charge in [-0.2, -0.15) is 0 Å². The Hall–Kier alpha value is 0.770. The molecule has 0 saturated carbocycles. The maximum Gasteiger partial charge on any atom is 0.0962 e. The van der Waals surface area contributed by atoms with E-state index in [2.05, 4.69) is 15.9 Å². The molecule has 0 amide bonds. The lowest BCUT2D eigenvalue weighted by molar-refractivity contribution is 0.850. The van der Waals surface area contributed by atoms with Crippen molar-refractivity contribution in [3.8, 4) is 0 Å². The summed E-state index contributed by atoms with van der Waals surface area (Å²) in [7, 11) is 0. The number of rotatable bonds is 1. The van der Waals surface area contributed by atoms with Gasteiger partial charge in [0.2, 0.25) is 0 Å². The fraction of sp³-hybridized carbons (Fsp3) is 1.00. The van der Waals surface area contributed by atoms with E-state index in [1.165, 1.54) is 0 Å². The normalized spacial score (nSPS) is 20.0. The van der Waals surface area contributed by atoms with Crippen molar-refractivity contribution in [3.05, 3.63) is 0 Å². The second-order valence-electron chi connectivity index (χ2n) is 1.42. The third-order valence-electron chi connectivity index (χ3n) is 0.621. The monoisotopic (exact) mass is 170 g/mol. The van der Waals surface area contributed by atoms with Gasteiger partial charge in [0.05, 0.1) is 3.78 Å². The van der Waals surface area contributed by atoms with Gasteiger partial charge >= 0.3 is 0 Å². The minimum atomic E-state index is -0.174. The lowest BCUT2D eigenvalue weighted by Crippen LogP contribution is -1.99. The van der Waals surface area contributed by atoms with Gasteiger partial charge in [0.1, 0.15) is 0 Å². The van der Waals surface area contributed by atoms with Crippen LogP contribution < -0.4 is 0 Å². The van der Waals surface area contributed by atoms with Gasteiger partial charge in [-0.3, -0.25) is 0 Å². The topological polar surface area (TPSA) is 0 Å². The van der Waals surface area contributed by atoms with Gasteiger partial charge in [0.25, 0.3) is 0 Å². The minimum absolute atomic E-state index is 0.174. The minimum Gasteiger partial charge on any atom is -0.107 e. The number of halogens is 2. The molecule has 0 fully saturated rings. The van der Waals surface area contributed by atoms with Crippen LogP contribution in [-0.4, -0.2) is 3.78 Å². The van der Waals surface area contributed by atoms with Gasteiger partial charge in [-0.1, -0.05) is 22.9 Å². The maximum absolute atomic E-state index is 5.63. The van der Waals surface area contributed by atoms with Gasteiger partial charge in [-0.15, -0.1) is 11.6 Å². The molecular weight excluding hydrogens is 163 g/mol. The van der Waals surface area contributed by atoms with E-state index in [0.717, 1.165) is 6.42 Å². The highest BCUT2D eigenvalue weighted by Gasteiger charge is 2.09. The molecule has 0 aromatic rings. The van der Waals surface area contributed by atoms with E-state index in [-0.39, 0.29) is 3.78 Å². The summed E-state index contributed by atoms with van der Waals surface area (Å²) >= 11 is 8.88. The van der Waals surface area contributed by atoms with E-state index in [1.54, 1.807) is 0 Å². The molecule has 2 heteroatoms. The van der Waals surface area contributed by atoms with Crippen molar-refractivity contribution in [1.29, 1.82) is 0 Å². The van der Waals surface area contributed by atoms with Crippen molar-refractivity contribution in [3.63, 3.8) is 0 Å². The summed E-state index contributed by atoms with van der Waals surface area (Å²) in [6.45, 7) is 3.95. The molecule has 0 unspecified atom stereocenters. The molecule has 0 heterocycles. The van der Waals surface area contributed by atoms with E-state index in [4.69, 9.17) is 11.6 Å². The molecule has 0 rings (SSSR count). The number of hydrogen-bond donors (Lipinski definition) is 0. The zero-order chi connectivity index (χ0) is 5.21. The predicted octanol–water partition coefficient (Wildman–Crippen LogP) is 2.75. The zero-order valence-electron chi connectivity index (χ0n) is 3.96. The molecule has 0 radical (unpaired) electrons. The fourth-order valence-electron chi connectivity index (χ4n) is 0. The Balaban J connectivity index is 3.17. The summed E-state index contributed by atoms with van der Waals surface area (Å²) in [6.07, 6.45) is 0.953. The van der Waals surface area contributed by atoms with Crippen LogP contribution in [0.3, 0.4) is 0 Å². The molecule has 6 heavy (non-hydrogen) atoms. The van der Waals surface area contributed by atoms with Crippen LogP contribution in [0.2, 0.25) is 0 Å². The summed E-state index contributed by atoms with van der Waals surface area (Å²) in [4.78, 5) is 0. The van der Waals surface area contributed by atoms with Crippen molar-refractivity contribution in [2.45, 2.75) is 24.1 Å². The van der Waals surface area contributed by atoms with E-state index in [9.17, 15) is 0 Å². The summed E-state index contributed by atoms with van der Waals surface area (Å²) < 4.78 is -0.174. The van der Waals surface area contributed by atoms with E-state index in [1.807, 2.05) is 13.8 Å². The zero-order valence-corrected chi connectivity index (χ0v) is 6.30. The summed E-state index contributed by atoms with van der Waals surface area (Å²) in [6, 6.07) is 0. The Morgan fingerprint density at radius 1 is 1.83 bits per heavy atom. The Morgan fingerprint density at radius 2 is 2.00 bits per heavy atom. The molecule has 0 aromatic carbocycles. The third kappa shape index (κ3) is 4.77. The van der Waals surface area contributed by atoms with Crippen molar-refractivity contribution >= 4 is 27.5 Å². The van der Waals surface area contributed by atoms with Crippen molar-refractivity contribution in [2.24, 2.45) is 0 Å². The second kappa shape index (κ2) is 2.17. The summed E-state index contributed by atoms with van der Waals surface area (Å²) in [5.74, 6) is 0. The molecule has 0 aliphatic heterocycles. The van der Waals surface area contributed by atoms with Crippen molar-refractivity contribution < 1.29 is 0 Å². The fourth-order valence-corrected chi connectivity index (χ4v) is 0. The molecule has 38 valence electrons. The smallest absolute Gasteiger partial charge is 0.0962 e. The van der Waals surface area contributed by atoms with Crippen LogP contribution in [0.5, 0.6) is 0 Å². The van der Waals surface area contributed by atoms with E-state index < -0.39 is 0 Å². The Kier molecular flexibility index (Phi) is 2.45. The molecule has 0 aliphatic carbocycles. The van der Waals surface area contributed by atoms with Gasteiger partial charge in [0.15, 0.2) is 0 Å². The average molecular weight is 171 g/mol. The third-order valence-corrected chi connectivity index (χ3v) is 1.45. The van der Waals surface area contributed by atoms with Crippen molar-refractivity contribution in [2.75, 3.05) is 0 Å². The highest BCUT2D eigenvalue weighted by atomic mass is 79.9. The van der Waals surface area contributed by atoms with Crippen LogP contribution in [0, 0.1) is 0 Å². The van der Waals surface area contributed by atoms with Crippen LogP contribution in [-0.2, 0) is 0 Å². The molecule has 0 nitrogen and oxygen atoms in total. The van der Waals surface area contributed by atoms with E-state index >= 15 is 0 Å². The molecule has 0 saturated heterocycles. The Morgan fingerprint density at radius 3 is 2.00 bits per heavy atom. The first-order valence-electron chi connectivity index (χ1n) is 1.94. The molecule has 0 bridgehead atoms. The molecule has 0 aromatic heterocycles. The first kappa shape index (κ1) is 6.77. The largest absolute Gasteiger partial charge is 0.107 e. The lowest BCUT2D eigenvalue weighted by atomic mass is 10.4. The molecule has 0 N–H and O–H groups in total. The molecule has 0 spiro atoms. The molecule has 1 atom stereocenters. The van der Waals surface area contributed by atoms with Crippen molar-refractivity contribution in [1.82, 2.24) is 0 Å². The highest BCUT2D eigenvalue weighted by molar-refractivity contribution is 9.10. The van der Waals surface area contributed by atoms with E-state index in [0.29, 0.717) is 0 Å². The highest BCUT2D eigenvalue weighted by Crippen LogP contribution is 2.25. The van der Waals surface area contributed by atoms with Crippen LogP contribution in [0.25, 0.3) is 0 Å². The average Bonchev–Trinajstić information content (AvgIpc) is 1.35. The van der Waals surface area contributed by atoms with Crippen LogP contribution in [0.1, 0.15) is 20.3 Å². The van der Waals surface area contributed by atoms with Crippen LogP contribution >= 0.6 is 27.5 Å². The Labute approximate surface area is 52.0 Å². The number of hydrogen-bond acceptors (Lipinski definition) is 0. The van der Waals surface area contributed by atoms with Gasteiger partial charge < -0.3 is 0 Å². The first-order valence-corrected chi connectivity index (χ1v) is 3.11.